The molecule has 3 heterocycles. The van der Waals surface area contributed by atoms with Crippen LogP contribution in [0, 0.1) is 41.5 Å². The lowest BCUT2D eigenvalue weighted by Crippen LogP contribution is -2.81. The predicted octanol–water partition coefficient (Wildman–Crippen LogP) is 7.69. The Balaban J connectivity index is 1.35. The van der Waals surface area contributed by atoms with E-state index in [1.165, 1.54) is 126 Å². The average Bonchev–Trinajstić information content (AvgIpc) is 3.31. The minimum atomic E-state index is -3.16. The maximum absolute atomic E-state index is 3.16. The van der Waals surface area contributed by atoms with Crippen LogP contribution in [0.15, 0.2) is 188 Å². The van der Waals surface area contributed by atoms with Gasteiger partial charge in [-0.05, 0) is 106 Å². The van der Waals surface area contributed by atoms with Crippen molar-refractivity contribution in [3.63, 3.8) is 0 Å². The van der Waals surface area contributed by atoms with Crippen LogP contribution in [0.4, 0.5) is 17.1 Å². The number of benzene rings is 9. The second-order valence-electron chi connectivity index (χ2n) is 18.7. The van der Waals surface area contributed by atoms with Crippen LogP contribution in [0.3, 0.4) is 0 Å². The Bertz CT molecular complexity index is 3080. The van der Waals surface area contributed by atoms with Crippen molar-refractivity contribution in [1.29, 1.82) is 0 Å². The molecular weight excluding hydrogens is 784 g/mol. The first-order chi connectivity index (χ1) is 31.2. The number of hydrogen-bond acceptors (Lipinski definition) is 1. The summed E-state index contributed by atoms with van der Waals surface area (Å²) in [5, 5.41) is 5.73. The molecule has 304 valence electrons. The molecule has 0 N–H and O–H groups in total. The Morgan fingerprint density at radius 3 is 1.06 bits per heavy atom. The first kappa shape index (κ1) is 38.8. The molecule has 0 amide bonds. The standard InChI is InChI=1S/C60H49B2NSi/c1-38-30-40(3)56(41(4)31-38)61-50-28-19-29-51-58(50)63-59-52(61)34-46(44-20-11-7-12-21-44)36-54(59)64(48-24-15-9-16-25-48,49-26-17-10-18-27-49)55-37-47(45-22-13-8-14-23-45)35-53(60(55)63)62(51)57-42(5)32-39(2)33-43(57)6/h7-37H,1-6H3. The topological polar surface area (TPSA) is 3.24 Å². The number of para-hydroxylation sites is 1. The zero-order valence-corrected chi connectivity index (χ0v) is 38.5. The van der Waals surface area contributed by atoms with Crippen molar-refractivity contribution in [3.8, 4) is 22.3 Å². The molecule has 3 aliphatic heterocycles. The quantitative estimate of drug-likeness (QED) is 0.156. The second kappa shape index (κ2) is 14.6. The van der Waals surface area contributed by atoms with Gasteiger partial charge in [0.2, 0.25) is 13.4 Å². The van der Waals surface area contributed by atoms with Crippen molar-refractivity contribution in [3.05, 3.63) is 221 Å². The monoisotopic (exact) mass is 833 g/mol. The largest absolute Gasteiger partial charge is 0.313 e. The van der Waals surface area contributed by atoms with E-state index >= 15 is 0 Å². The van der Waals surface area contributed by atoms with Crippen molar-refractivity contribution in [1.82, 2.24) is 0 Å². The normalized spacial score (nSPS) is 13.8. The van der Waals surface area contributed by atoms with Gasteiger partial charge in [-0.25, -0.2) is 0 Å². The van der Waals surface area contributed by atoms with Crippen LogP contribution in [0.1, 0.15) is 33.4 Å². The van der Waals surface area contributed by atoms with Gasteiger partial charge in [0.05, 0.1) is 0 Å². The van der Waals surface area contributed by atoms with E-state index in [0.29, 0.717) is 0 Å². The van der Waals surface area contributed by atoms with Crippen LogP contribution in [0.2, 0.25) is 0 Å². The number of hydrogen-bond donors (Lipinski definition) is 0. The lowest BCUT2D eigenvalue weighted by atomic mass is 9.29. The maximum Gasteiger partial charge on any atom is 0.247 e. The fourth-order valence-corrected chi connectivity index (χ4v) is 17.8. The van der Waals surface area contributed by atoms with Crippen molar-refractivity contribution in [2.75, 3.05) is 4.90 Å². The van der Waals surface area contributed by atoms with Gasteiger partial charge >= 0.3 is 0 Å². The van der Waals surface area contributed by atoms with Gasteiger partial charge in [0, 0.05) is 17.1 Å². The van der Waals surface area contributed by atoms with Crippen LogP contribution in [0.5, 0.6) is 0 Å². The molecular formula is C60H49B2NSi. The van der Waals surface area contributed by atoms with Crippen molar-refractivity contribution in [2.45, 2.75) is 41.5 Å². The Morgan fingerprint density at radius 1 is 0.328 bits per heavy atom. The molecule has 0 radical (unpaired) electrons. The van der Waals surface area contributed by atoms with Crippen LogP contribution in [-0.4, -0.2) is 21.5 Å². The molecule has 0 fully saturated rings. The number of aryl methyl sites for hydroxylation is 6. The molecule has 0 aromatic heterocycles. The number of rotatable bonds is 6. The molecule has 0 saturated heterocycles. The second-order valence-corrected chi connectivity index (χ2v) is 22.5. The van der Waals surface area contributed by atoms with Crippen molar-refractivity contribution < 1.29 is 0 Å². The smallest absolute Gasteiger partial charge is 0.247 e. The van der Waals surface area contributed by atoms with E-state index in [9.17, 15) is 0 Å². The summed E-state index contributed by atoms with van der Waals surface area (Å²) in [7, 11) is -3.16. The maximum atomic E-state index is 2.78. The Hall–Kier alpha value is -6.87. The van der Waals surface area contributed by atoms with E-state index < -0.39 is 8.07 Å². The fraction of sp³-hybridized carbons (Fsp3) is 0.100. The summed E-state index contributed by atoms with van der Waals surface area (Å²) in [6.45, 7) is 13.9. The van der Waals surface area contributed by atoms with E-state index in [0.717, 1.165) is 0 Å². The van der Waals surface area contributed by atoms with Gasteiger partial charge in [0.15, 0.2) is 8.07 Å². The molecule has 9 aromatic rings. The van der Waals surface area contributed by atoms with Gasteiger partial charge in [-0.1, -0.05) is 232 Å². The Morgan fingerprint density at radius 2 is 0.688 bits per heavy atom. The average molecular weight is 834 g/mol. The highest BCUT2D eigenvalue weighted by Gasteiger charge is 2.56. The summed E-state index contributed by atoms with van der Waals surface area (Å²) >= 11 is 0. The van der Waals surface area contributed by atoms with E-state index in [1.54, 1.807) is 0 Å². The van der Waals surface area contributed by atoms with Crippen LogP contribution < -0.4 is 58.4 Å². The summed E-state index contributed by atoms with van der Waals surface area (Å²) in [5.41, 5.74) is 25.6. The summed E-state index contributed by atoms with van der Waals surface area (Å²) in [5.74, 6) is 0. The Labute approximate surface area is 380 Å². The molecule has 64 heavy (non-hydrogen) atoms. The zero-order chi connectivity index (χ0) is 43.4. The molecule has 12 rings (SSSR count). The highest BCUT2D eigenvalue weighted by Crippen LogP contribution is 2.43. The molecule has 0 saturated carbocycles. The lowest BCUT2D eigenvalue weighted by molar-refractivity contribution is 1.30. The fourth-order valence-electron chi connectivity index (χ4n) is 12.6. The molecule has 9 aromatic carbocycles. The molecule has 0 spiro atoms. The zero-order valence-electron chi connectivity index (χ0n) is 37.5. The Kier molecular flexibility index (Phi) is 8.84. The van der Waals surface area contributed by atoms with Gasteiger partial charge in [0.25, 0.3) is 0 Å². The van der Waals surface area contributed by atoms with Crippen molar-refractivity contribution in [2.24, 2.45) is 0 Å². The predicted molar refractivity (Wildman–Crippen MR) is 280 cm³/mol. The van der Waals surface area contributed by atoms with Crippen LogP contribution in [0.25, 0.3) is 22.3 Å². The summed E-state index contributed by atoms with van der Waals surface area (Å²) in [6.07, 6.45) is 0. The molecule has 1 nitrogen and oxygen atoms in total. The lowest BCUT2D eigenvalue weighted by Gasteiger charge is -2.53. The molecule has 4 heteroatoms. The molecule has 0 unspecified atom stereocenters. The van der Waals surface area contributed by atoms with Gasteiger partial charge in [-0.2, -0.15) is 0 Å². The number of nitrogens with zero attached hydrogens (tertiary/aromatic N) is 1. The van der Waals surface area contributed by atoms with Gasteiger partial charge < -0.3 is 4.90 Å². The summed E-state index contributed by atoms with van der Waals surface area (Å²) < 4.78 is 0. The van der Waals surface area contributed by atoms with Gasteiger partial charge in [-0.15, -0.1) is 0 Å². The highest BCUT2D eigenvalue weighted by molar-refractivity contribution is 7.22. The van der Waals surface area contributed by atoms with Crippen LogP contribution >= 0.6 is 0 Å². The molecule has 0 atom stereocenters. The van der Waals surface area contributed by atoms with E-state index in [-0.39, 0.29) is 13.4 Å². The molecule has 3 aliphatic rings. The number of anilines is 3. The first-order valence-corrected chi connectivity index (χ1v) is 24.9. The first-order valence-electron chi connectivity index (χ1n) is 22.9. The molecule has 0 aliphatic carbocycles. The molecule has 0 bridgehead atoms. The van der Waals surface area contributed by atoms with E-state index in [4.69, 9.17) is 0 Å². The minimum Gasteiger partial charge on any atom is -0.313 e. The van der Waals surface area contributed by atoms with Crippen molar-refractivity contribution >= 4 is 92.1 Å². The van der Waals surface area contributed by atoms with Crippen LogP contribution in [-0.2, 0) is 0 Å². The highest BCUT2D eigenvalue weighted by atomic mass is 28.3. The third kappa shape index (κ3) is 5.52. The third-order valence-electron chi connectivity index (χ3n) is 14.8. The summed E-state index contributed by atoms with van der Waals surface area (Å²) in [6, 6.07) is 72.8. The van der Waals surface area contributed by atoms with Gasteiger partial charge in [-0.3, -0.25) is 0 Å². The van der Waals surface area contributed by atoms with Gasteiger partial charge in [0.1, 0.15) is 0 Å². The van der Waals surface area contributed by atoms with E-state index in [1.807, 2.05) is 0 Å². The SMILES string of the molecule is Cc1cc(C)c(B2c3cccc4c3N3c5c2cc(-c2ccccc2)cc5[Si](c2ccccc2)(c2ccccc2)c2cc(-c5ccccc5)cc(c23)B4c2c(C)cc(C)cc2C)c(C)c1. The van der Waals surface area contributed by atoms with E-state index in [2.05, 4.69) is 234 Å². The third-order valence-corrected chi connectivity index (χ3v) is 19.6. The summed E-state index contributed by atoms with van der Waals surface area (Å²) in [4.78, 5) is 2.78. The minimum absolute atomic E-state index is 0.0232.